The topological polar surface area (TPSA) is 96.7 Å². The fourth-order valence-corrected chi connectivity index (χ4v) is 3.73. The van der Waals surface area contributed by atoms with Crippen LogP contribution in [0.4, 0.5) is 5.69 Å². The maximum atomic E-state index is 12.4. The summed E-state index contributed by atoms with van der Waals surface area (Å²) in [6.07, 6.45) is 7.74. The number of rotatable bonds is 5. The molecular weight excluding hydrogens is 336 g/mol. The van der Waals surface area contributed by atoms with Gasteiger partial charge in [0, 0.05) is 38.7 Å². The first-order valence-electron chi connectivity index (χ1n) is 9.22. The van der Waals surface area contributed by atoms with Gasteiger partial charge in [0.1, 0.15) is 11.9 Å². The van der Waals surface area contributed by atoms with Crippen molar-refractivity contribution in [1.82, 2.24) is 14.8 Å². The number of hydrogen-bond donors (Lipinski definition) is 0. The van der Waals surface area contributed by atoms with E-state index < -0.39 is 4.92 Å². The smallest absolute Gasteiger partial charge is 0.287 e. The zero-order valence-corrected chi connectivity index (χ0v) is 14.8. The third-order valence-corrected chi connectivity index (χ3v) is 5.34. The number of piperazine rings is 1. The molecule has 2 amide bonds. The van der Waals surface area contributed by atoms with Gasteiger partial charge in [-0.1, -0.05) is 25.7 Å². The quantitative estimate of drug-likeness (QED) is 0.592. The summed E-state index contributed by atoms with van der Waals surface area (Å²) in [5.41, 5.74) is 0.0517. The second kappa shape index (κ2) is 8.25. The summed E-state index contributed by atoms with van der Waals surface area (Å²) >= 11 is 0. The number of pyridine rings is 1. The predicted octanol–water partition coefficient (Wildman–Crippen LogP) is 2.24. The van der Waals surface area contributed by atoms with Crippen molar-refractivity contribution in [1.29, 1.82) is 0 Å². The summed E-state index contributed by atoms with van der Waals surface area (Å²) in [5.74, 6) is 0.630. The van der Waals surface area contributed by atoms with Crippen molar-refractivity contribution in [3.8, 4) is 0 Å². The van der Waals surface area contributed by atoms with Gasteiger partial charge in [0.15, 0.2) is 0 Å². The van der Waals surface area contributed by atoms with Crippen LogP contribution in [0.3, 0.4) is 0 Å². The van der Waals surface area contributed by atoms with Crippen molar-refractivity contribution in [2.75, 3.05) is 26.2 Å². The van der Waals surface area contributed by atoms with Gasteiger partial charge in [-0.2, -0.15) is 0 Å². The molecule has 3 rings (SSSR count). The molecule has 2 heterocycles. The maximum Gasteiger partial charge on any atom is 0.287 e. The van der Waals surface area contributed by atoms with Gasteiger partial charge in [0.2, 0.25) is 5.91 Å². The van der Waals surface area contributed by atoms with Gasteiger partial charge in [0.05, 0.1) is 4.92 Å². The van der Waals surface area contributed by atoms with Crippen LogP contribution >= 0.6 is 0 Å². The average molecular weight is 360 g/mol. The molecule has 0 atom stereocenters. The normalized spacial score (nSPS) is 18.2. The Kier molecular flexibility index (Phi) is 5.80. The van der Waals surface area contributed by atoms with Gasteiger partial charge in [-0.25, -0.2) is 4.98 Å². The van der Waals surface area contributed by atoms with Gasteiger partial charge < -0.3 is 9.80 Å². The summed E-state index contributed by atoms with van der Waals surface area (Å²) in [7, 11) is 0. The fourth-order valence-electron chi connectivity index (χ4n) is 3.73. The molecule has 8 nitrogen and oxygen atoms in total. The Hall–Kier alpha value is -2.51. The molecule has 0 radical (unpaired) electrons. The number of amides is 2. The van der Waals surface area contributed by atoms with Crippen LogP contribution in [0, 0.1) is 16.0 Å². The summed E-state index contributed by atoms with van der Waals surface area (Å²) in [6, 6.07) is 2.66. The van der Waals surface area contributed by atoms with Crippen LogP contribution in [0.2, 0.25) is 0 Å². The largest absolute Gasteiger partial charge is 0.339 e. The molecule has 0 aromatic carbocycles. The molecule has 26 heavy (non-hydrogen) atoms. The number of aromatic nitrogens is 1. The van der Waals surface area contributed by atoms with Crippen LogP contribution in [0.15, 0.2) is 18.3 Å². The summed E-state index contributed by atoms with van der Waals surface area (Å²) < 4.78 is 0. The van der Waals surface area contributed by atoms with Crippen LogP contribution in [0.5, 0.6) is 0 Å². The maximum absolute atomic E-state index is 12.4. The molecule has 1 aromatic heterocycles. The van der Waals surface area contributed by atoms with E-state index in [1.54, 1.807) is 4.90 Å². The summed E-state index contributed by atoms with van der Waals surface area (Å²) in [5, 5.41) is 10.7. The summed E-state index contributed by atoms with van der Waals surface area (Å²) in [6.45, 7) is 1.99. The second-order valence-electron chi connectivity index (χ2n) is 7.02. The fraction of sp³-hybridized carbons (Fsp3) is 0.611. The highest BCUT2D eigenvalue weighted by Gasteiger charge is 2.26. The zero-order chi connectivity index (χ0) is 18.5. The Labute approximate surface area is 152 Å². The van der Waals surface area contributed by atoms with Gasteiger partial charge >= 0.3 is 0 Å². The van der Waals surface area contributed by atoms with E-state index in [0.717, 1.165) is 12.6 Å². The minimum Gasteiger partial charge on any atom is -0.339 e. The summed E-state index contributed by atoms with van der Waals surface area (Å²) in [4.78, 5) is 42.3. The van der Waals surface area contributed by atoms with Crippen molar-refractivity contribution in [2.45, 2.75) is 38.5 Å². The average Bonchev–Trinajstić information content (AvgIpc) is 3.19. The molecule has 1 aliphatic carbocycles. The monoisotopic (exact) mass is 360 g/mol. The van der Waals surface area contributed by atoms with Crippen molar-refractivity contribution in [3.05, 3.63) is 34.1 Å². The third kappa shape index (κ3) is 4.36. The molecule has 0 N–H and O–H groups in total. The van der Waals surface area contributed by atoms with Gasteiger partial charge in [-0.05, 0) is 18.4 Å². The molecule has 2 fully saturated rings. The van der Waals surface area contributed by atoms with Crippen molar-refractivity contribution >= 4 is 17.5 Å². The molecule has 1 aliphatic heterocycles. The molecule has 0 bridgehead atoms. The minimum absolute atomic E-state index is 0.140. The lowest BCUT2D eigenvalue weighted by Crippen LogP contribution is -2.50. The van der Waals surface area contributed by atoms with Crippen molar-refractivity contribution in [3.63, 3.8) is 0 Å². The molecule has 8 heteroatoms. The molecule has 140 valence electrons. The third-order valence-electron chi connectivity index (χ3n) is 5.34. The predicted molar refractivity (Wildman–Crippen MR) is 94.6 cm³/mol. The SMILES string of the molecule is O=C(CCC1CCCC1)N1CCN(C(=O)c2ccc([N+](=O)[O-])cn2)CC1. The number of nitrogens with zero attached hydrogens (tertiary/aromatic N) is 4. The van der Waals surface area contributed by atoms with Crippen LogP contribution in [0.1, 0.15) is 49.0 Å². The molecule has 1 aromatic rings. The van der Waals surface area contributed by atoms with E-state index >= 15 is 0 Å². The lowest BCUT2D eigenvalue weighted by atomic mass is 10.0. The van der Waals surface area contributed by atoms with E-state index in [0.29, 0.717) is 38.5 Å². The molecule has 2 aliphatic rings. The highest BCUT2D eigenvalue weighted by atomic mass is 16.6. The highest BCUT2D eigenvalue weighted by Crippen LogP contribution is 2.28. The van der Waals surface area contributed by atoms with Crippen LogP contribution < -0.4 is 0 Å². The molecule has 1 saturated carbocycles. The first-order valence-corrected chi connectivity index (χ1v) is 9.22. The van der Waals surface area contributed by atoms with E-state index in [1.807, 2.05) is 4.90 Å². The van der Waals surface area contributed by atoms with Gasteiger partial charge in [-0.15, -0.1) is 0 Å². The van der Waals surface area contributed by atoms with Crippen LogP contribution in [-0.4, -0.2) is 57.7 Å². The van der Waals surface area contributed by atoms with E-state index in [-0.39, 0.29) is 23.2 Å². The molecule has 0 spiro atoms. The standard InChI is InChI=1S/C18H24N4O4/c23-17(8-5-14-3-1-2-4-14)20-9-11-21(12-10-20)18(24)16-7-6-15(13-19-16)22(25)26/h6-7,13-14H,1-5,8-12H2. The van der Waals surface area contributed by atoms with Crippen molar-refractivity contribution < 1.29 is 14.5 Å². The van der Waals surface area contributed by atoms with Crippen LogP contribution in [-0.2, 0) is 4.79 Å². The Bertz CT molecular complexity index is 662. The van der Waals surface area contributed by atoms with Gasteiger partial charge in [0.25, 0.3) is 11.6 Å². The van der Waals surface area contributed by atoms with E-state index in [9.17, 15) is 19.7 Å². The molecule has 0 unspecified atom stereocenters. The van der Waals surface area contributed by atoms with Gasteiger partial charge in [-0.3, -0.25) is 19.7 Å². The van der Waals surface area contributed by atoms with Crippen molar-refractivity contribution in [2.24, 2.45) is 5.92 Å². The lowest BCUT2D eigenvalue weighted by Gasteiger charge is -2.34. The molecular formula is C18H24N4O4. The Morgan fingerprint density at radius 3 is 2.35 bits per heavy atom. The number of nitro groups is 1. The Morgan fingerprint density at radius 1 is 1.12 bits per heavy atom. The lowest BCUT2D eigenvalue weighted by molar-refractivity contribution is -0.385. The van der Waals surface area contributed by atoms with E-state index in [4.69, 9.17) is 0 Å². The molecule has 1 saturated heterocycles. The number of carbonyl (C=O) groups excluding carboxylic acids is 2. The van der Waals surface area contributed by atoms with Crippen LogP contribution in [0.25, 0.3) is 0 Å². The Morgan fingerprint density at radius 2 is 1.77 bits per heavy atom. The Balaban J connectivity index is 1.47. The number of hydrogen-bond acceptors (Lipinski definition) is 5. The zero-order valence-electron chi connectivity index (χ0n) is 14.8. The van der Waals surface area contributed by atoms with E-state index in [2.05, 4.69) is 4.98 Å². The first-order chi connectivity index (χ1) is 12.5. The first kappa shape index (κ1) is 18.3. The van der Waals surface area contributed by atoms with E-state index in [1.165, 1.54) is 37.8 Å². The number of carbonyl (C=O) groups is 2. The highest BCUT2D eigenvalue weighted by molar-refractivity contribution is 5.92. The second-order valence-corrected chi connectivity index (χ2v) is 7.02. The minimum atomic E-state index is -0.544.